The molecule has 1 saturated heterocycles. The van der Waals surface area contributed by atoms with Crippen molar-refractivity contribution in [3.8, 4) is 23.0 Å². The first kappa shape index (κ1) is 25.7. The van der Waals surface area contributed by atoms with Crippen LogP contribution in [0, 0.1) is 5.92 Å². The van der Waals surface area contributed by atoms with Crippen molar-refractivity contribution in [1.29, 1.82) is 0 Å². The molecule has 8 nitrogen and oxygen atoms in total. The predicted octanol–water partition coefficient (Wildman–Crippen LogP) is 4.53. The monoisotopic (exact) mass is 535 g/mol. The van der Waals surface area contributed by atoms with Gasteiger partial charge in [0.15, 0.2) is 5.76 Å². The first-order chi connectivity index (χ1) is 18.9. The standard InChI is InChI=1S/C30H34FN3O5/c1-37-24-5-3-4-18-10-23(34(28(18)24)14-17-6-7-17)29-22(8-9-35)27-25(38-2)11-19(12-26(27)39-29)30(36)33-15-20(31)13-21(32)16-33/h3-5,10-12,17,20-21,35H,6-9,13-16,32H2,1-2H3/t20-,21-/m1/s1. The summed E-state index contributed by atoms with van der Waals surface area (Å²) in [5.41, 5.74) is 9.51. The number of benzene rings is 2. The Morgan fingerprint density at radius 2 is 1.95 bits per heavy atom. The Labute approximate surface area is 226 Å². The minimum absolute atomic E-state index is 0.00908. The van der Waals surface area contributed by atoms with Crippen LogP contribution in [-0.4, -0.2) is 66.6 Å². The highest BCUT2D eigenvalue weighted by molar-refractivity contribution is 6.02. The molecule has 3 N–H and O–H groups in total. The van der Waals surface area contributed by atoms with Crippen LogP contribution in [0.4, 0.5) is 4.39 Å². The maximum Gasteiger partial charge on any atom is 0.254 e. The lowest BCUT2D eigenvalue weighted by atomic mass is 10.0. The molecule has 206 valence electrons. The normalized spacial score (nSPS) is 19.7. The van der Waals surface area contributed by atoms with Gasteiger partial charge in [-0.2, -0.15) is 0 Å². The summed E-state index contributed by atoms with van der Waals surface area (Å²) < 4.78 is 34.4. The van der Waals surface area contributed by atoms with Crippen LogP contribution in [0.25, 0.3) is 33.3 Å². The number of amides is 1. The molecule has 2 atom stereocenters. The topological polar surface area (TPSA) is 103 Å². The van der Waals surface area contributed by atoms with Crippen LogP contribution in [0.5, 0.6) is 11.5 Å². The number of fused-ring (bicyclic) bond motifs is 2. The smallest absolute Gasteiger partial charge is 0.254 e. The van der Waals surface area contributed by atoms with Gasteiger partial charge in [-0.1, -0.05) is 12.1 Å². The molecule has 1 aliphatic carbocycles. The van der Waals surface area contributed by atoms with Gasteiger partial charge in [0.25, 0.3) is 5.91 Å². The average Bonchev–Trinajstić information content (AvgIpc) is 3.57. The molecule has 1 aliphatic heterocycles. The molecule has 3 heterocycles. The molecule has 2 fully saturated rings. The number of aromatic nitrogens is 1. The highest BCUT2D eigenvalue weighted by atomic mass is 19.1. The number of hydrogen-bond donors (Lipinski definition) is 2. The van der Waals surface area contributed by atoms with Crippen LogP contribution in [0.1, 0.15) is 35.2 Å². The van der Waals surface area contributed by atoms with E-state index in [0.717, 1.165) is 34.5 Å². The molecule has 6 rings (SSSR count). The largest absolute Gasteiger partial charge is 0.496 e. The lowest BCUT2D eigenvalue weighted by molar-refractivity contribution is 0.0606. The zero-order valence-corrected chi connectivity index (χ0v) is 22.3. The van der Waals surface area contributed by atoms with E-state index in [2.05, 4.69) is 16.7 Å². The number of nitrogens with two attached hydrogens (primary N) is 1. The van der Waals surface area contributed by atoms with Gasteiger partial charge in [0.05, 0.1) is 37.4 Å². The molecule has 2 aromatic carbocycles. The van der Waals surface area contributed by atoms with E-state index in [1.165, 1.54) is 17.7 Å². The number of ether oxygens (including phenoxy) is 2. The summed E-state index contributed by atoms with van der Waals surface area (Å²) in [4.78, 5) is 14.9. The van der Waals surface area contributed by atoms with E-state index in [9.17, 15) is 14.3 Å². The Kier molecular flexibility index (Phi) is 6.72. The highest BCUT2D eigenvalue weighted by Crippen LogP contribution is 2.44. The van der Waals surface area contributed by atoms with Gasteiger partial charge in [0.2, 0.25) is 0 Å². The number of piperidine rings is 1. The number of aliphatic hydroxyl groups is 1. The predicted molar refractivity (Wildman–Crippen MR) is 147 cm³/mol. The van der Waals surface area contributed by atoms with Crippen molar-refractivity contribution in [2.24, 2.45) is 11.7 Å². The minimum Gasteiger partial charge on any atom is -0.496 e. The number of furan rings is 1. The van der Waals surface area contributed by atoms with Crippen LogP contribution >= 0.6 is 0 Å². The van der Waals surface area contributed by atoms with Crippen molar-refractivity contribution < 1.29 is 28.2 Å². The lowest BCUT2D eigenvalue weighted by Gasteiger charge is -2.33. The summed E-state index contributed by atoms with van der Waals surface area (Å²) in [6.07, 6.45) is 1.80. The summed E-state index contributed by atoms with van der Waals surface area (Å²) in [5, 5.41) is 11.8. The van der Waals surface area contributed by atoms with Crippen molar-refractivity contribution in [1.82, 2.24) is 9.47 Å². The maximum atomic E-state index is 14.2. The summed E-state index contributed by atoms with van der Waals surface area (Å²) >= 11 is 0. The Bertz CT molecular complexity index is 1530. The Balaban J connectivity index is 1.52. The second-order valence-corrected chi connectivity index (χ2v) is 10.7. The minimum atomic E-state index is -1.15. The van der Waals surface area contributed by atoms with E-state index >= 15 is 0 Å². The first-order valence-corrected chi connectivity index (χ1v) is 13.5. The summed E-state index contributed by atoms with van der Waals surface area (Å²) in [7, 11) is 3.22. The molecule has 1 saturated carbocycles. The zero-order chi connectivity index (χ0) is 27.3. The number of halogens is 1. The third-order valence-corrected chi connectivity index (χ3v) is 7.88. The van der Waals surface area contributed by atoms with E-state index in [1.807, 2.05) is 12.1 Å². The van der Waals surface area contributed by atoms with Gasteiger partial charge in [0, 0.05) is 48.7 Å². The average molecular weight is 536 g/mol. The van der Waals surface area contributed by atoms with E-state index < -0.39 is 12.2 Å². The molecule has 2 aromatic heterocycles. The van der Waals surface area contributed by atoms with Crippen molar-refractivity contribution in [3.63, 3.8) is 0 Å². The lowest BCUT2D eigenvalue weighted by Crippen LogP contribution is -2.50. The Morgan fingerprint density at radius 1 is 1.15 bits per heavy atom. The molecule has 0 spiro atoms. The second-order valence-electron chi connectivity index (χ2n) is 10.7. The van der Waals surface area contributed by atoms with Gasteiger partial charge < -0.3 is 34.2 Å². The molecule has 39 heavy (non-hydrogen) atoms. The number of alkyl halides is 1. The van der Waals surface area contributed by atoms with Gasteiger partial charge in [-0.05, 0) is 49.4 Å². The zero-order valence-electron chi connectivity index (χ0n) is 22.3. The number of rotatable bonds is 8. The molecular weight excluding hydrogens is 501 g/mol. The van der Waals surface area contributed by atoms with E-state index in [0.29, 0.717) is 46.9 Å². The van der Waals surface area contributed by atoms with E-state index in [4.69, 9.17) is 19.6 Å². The number of aliphatic hydroxyl groups excluding tert-OH is 1. The molecule has 4 aromatic rings. The van der Waals surface area contributed by atoms with Gasteiger partial charge in [-0.25, -0.2) is 4.39 Å². The number of likely N-dealkylation sites (tertiary alicyclic amines) is 1. The first-order valence-electron chi connectivity index (χ1n) is 13.5. The summed E-state index contributed by atoms with van der Waals surface area (Å²) in [6, 6.07) is 11.0. The molecule has 0 bridgehead atoms. The Morgan fingerprint density at radius 3 is 2.64 bits per heavy atom. The number of nitrogens with zero attached hydrogens (tertiary/aromatic N) is 2. The molecule has 9 heteroatoms. The summed E-state index contributed by atoms with van der Waals surface area (Å²) in [5.74, 6) is 2.15. The van der Waals surface area contributed by atoms with Crippen molar-refractivity contribution in [3.05, 3.63) is 47.5 Å². The van der Waals surface area contributed by atoms with Crippen molar-refractivity contribution in [2.75, 3.05) is 33.9 Å². The van der Waals surface area contributed by atoms with Gasteiger partial charge >= 0.3 is 0 Å². The van der Waals surface area contributed by atoms with Crippen LogP contribution in [0.2, 0.25) is 0 Å². The van der Waals surface area contributed by atoms with Crippen LogP contribution in [0.15, 0.2) is 40.8 Å². The highest BCUT2D eigenvalue weighted by Gasteiger charge is 2.31. The van der Waals surface area contributed by atoms with Crippen molar-refractivity contribution >= 4 is 27.8 Å². The van der Waals surface area contributed by atoms with E-state index in [-0.39, 0.29) is 25.5 Å². The quantitative estimate of drug-likeness (QED) is 0.344. The van der Waals surface area contributed by atoms with Crippen LogP contribution in [0.3, 0.4) is 0 Å². The Hall–Kier alpha value is -3.56. The number of para-hydroxylation sites is 1. The van der Waals surface area contributed by atoms with Crippen LogP contribution < -0.4 is 15.2 Å². The number of hydrogen-bond acceptors (Lipinski definition) is 6. The SMILES string of the molecule is COc1cc(C(=O)N2C[C@H](N)C[C@@H](F)C2)cc2oc(-c3cc4cccc(OC)c4n3CC3CC3)c(CCO)c12. The number of methoxy groups -OCH3 is 2. The van der Waals surface area contributed by atoms with Crippen LogP contribution in [-0.2, 0) is 13.0 Å². The fourth-order valence-corrected chi connectivity index (χ4v) is 5.91. The number of carbonyl (C=O) groups is 1. The third-order valence-electron chi connectivity index (χ3n) is 7.88. The van der Waals surface area contributed by atoms with Gasteiger partial charge in [-0.15, -0.1) is 0 Å². The fourth-order valence-electron chi connectivity index (χ4n) is 5.91. The fraction of sp³-hybridized carbons (Fsp3) is 0.433. The molecular formula is C30H34FN3O5. The van der Waals surface area contributed by atoms with E-state index in [1.54, 1.807) is 26.4 Å². The molecule has 1 amide bonds. The maximum absolute atomic E-state index is 14.2. The third kappa shape index (κ3) is 4.63. The van der Waals surface area contributed by atoms with Gasteiger partial charge in [-0.3, -0.25) is 4.79 Å². The van der Waals surface area contributed by atoms with Crippen molar-refractivity contribution in [2.45, 2.75) is 44.4 Å². The summed E-state index contributed by atoms with van der Waals surface area (Å²) in [6.45, 7) is 1.05. The molecule has 0 radical (unpaired) electrons. The number of carbonyl (C=O) groups excluding carboxylic acids is 1. The second kappa shape index (κ2) is 10.2. The molecule has 0 unspecified atom stereocenters. The van der Waals surface area contributed by atoms with Gasteiger partial charge in [0.1, 0.15) is 23.3 Å². The molecule has 2 aliphatic rings.